The van der Waals surface area contributed by atoms with E-state index in [1.165, 1.54) is 19.1 Å². The molecule has 19 heavy (non-hydrogen) atoms. The van der Waals surface area contributed by atoms with Crippen molar-refractivity contribution in [2.75, 3.05) is 11.1 Å². The predicted molar refractivity (Wildman–Crippen MR) is 76.3 cm³/mol. The Morgan fingerprint density at radius 1 is 1.53 bits per heavy atom. The van der Waals surface area contributed by atoms with Gasteiger partial charge in [0.25, 0.3) is 0 Å². The van der Waals surface area contributed by atoms with E-state index in [0.717, 1.165) is 0 Å². The molecule has 1 aromatic rings. The highest BCUT2D eigenvalue weighted by Crippen LogP contribution is 2.20. The lowest BCUT2D eigenvalue weighted by Crippen LogP contribution is -2.44. The van der Waals surface area contributed by atoms with Gasteiger partial charge in [0.2, 0.25) is 11.8 Å². The van der Waals surface area contributed by atoms with Crippen LogP contribution in [0.15, 0.2) is 18.2 Å². The van der Waals surface area contributed by atoms with Crippen LogP contribution in [0.3, 0.4) is 0 Å². The minimum Gasteiger partial charge on any atom is -0.344 e. The fourth-order valence-corrected chi connectivity index (χ4v) is 1.81. The van der Waals surface area contributed by atoms with E-state index in [-0.39, 0.29) is 11.7 Å². The van der Waals surface area contributed by atoms with Gasteiger partial charge in [-0.25, -0.2) is 0 Å². The van der Waals surface area contributed by atoms with Crippen LogP contribution in [-0.4, -0.2) is 23.6 Å². The molecular weight excluding hydrogens is 286 g/mol. The van der Waals surface area contributed by atoms with Gasteiger partial charge in [0.05, 0.1) is 11.3 Å². The molecule has 0 fully saturated rings. The molecule has 0 aromatic heterocycles. The molecule has 1 atom stereocenters. The number of carbonyl (C=O) groups is 2. The summed E-state index contributed by atoms with van der Waals surface area (Å²) in [5.41, 5.74) is 0.593. The number of hydrogen-bond acceptors (Lipinski definition) is 4. The molecule has 100 valence electrons. The number of nitrogens with one attached hydrogen (secondary N) is 2. The SMILES string of the molecule is CC(=O)NC(CS)C(=O)Nc1cc(Cl)ccc1C#N. The highest BCUT2D eigenvalue weighted by atomic mass is 35.5. The summed E-state index contributed by atoms with van der Waals surface area (Å²) in [6, 6.07) is 5.71. The van der Waals surface area contributed by atoms with E-state index in [0.29, 0.717) is 16.3 Å². The van der Waals surface area contributed by atoms with Crippen molar-refractivity contribution >= 4 is 41.7 Å². The molecule has 0 spiro atoms. The summed E-state index contributed by atoms with van der Waals surface area (Å²) in [6.45, 7) is 1.31. The Labute approximate surface area is 121 Å². The van der Waals surface area contributed by atoms with Crippen molar-refractivity contribution in [1.29, 1.82) is 5.26 Å². The van der Waals surface area contributed by atoms with Gasteiger partial charge >= 0.3 is 0 Å². The third kappa shape index (κ3) is 4.47. The molecule has 0 radical (unpaired) electrons. The zero-order valence-corrected chi connectivity index (χ0v) is 11.8. The molecule has 5 nitrogen and oxygen atoms in total. The van der Waals surface area contributed by atoms with Crippen LogP contribution >= 0.6 is 24.2 Å². The number of nitrogens with zero attached hydrogens (tertiary/aromatic N) is 1. The van der Waals surface area contributed by atoms with Gasteiger partial charge in [-0.3, -0.25) is 9.59 Å². The summed E-state index contributed by atoms with van der Waals surface area (Å²) in [6.07, 6.45) is 0. The lowest BCUT2D eigenvalue weighted by Gasteiger charge is -2.16. The largest absolute Gasteiger partial charge is 0.344 e. The molecule has 1 unspecified atom stereocenters. The minimum absolute atomic E-state index is 0.147. The molecular formula is C12H12ClN3O2S. The first-order valence-corrected chi connectivity index (χ1v) is 6.37. The molecule has 0 aliphatic heterocycles. The van der Waals surface area contributed by atoms with Crippen LogP contribution < -0.4 is 10.6 Å². The quantitative estimate of drug-likeness (QED) is 0.738. The Bertz CT molecular complexity index is 542. The molecule has 0 bridgehead atoms. The maximum absolute atomic E-state index is 11.9. The molecule has 1 rings (SSSR count). The van der Waals surface area contributed by atoms with Gasteiger partial charge in [0.15, 0.2) is 0 Å². The Hall–Kier alpha value is -1.71. The second kappa shape index (κ2) is 7.02. The second-order valence-electron chi connectivity index (χ2n) is 3.73. The summed E-state index contributed by atoms with van der Waals surface area (Å²) < 4.78 is 0. The monoisotopic (exact) mass is 297 g/mol. The molecule has 2 N–H and O–H groups in total. The fraction of sp³-hybridized carbons (Fsp3) is 0.250. The highest BCUT2D eigenvalue weighted by molar-refractivity contribution is 7.80. The van der Waals surface area contributed by atoms with Gasteiger partial charge < -0.3 is 10.6 Å². The van der Waals surface area contributed by atoms with Gasteiger partial charge in [0, 0.05) is 17.7 Å². The van der Waals surface area contributed by atoms with Gasteiger partial charge in [0.1, 0.15) is 12.1 Å². The molecule has 1 aromatic carbocycles. The number of halogens is 1. The zero-order chi connectivity index (χ0) is 14.4. The van der Waals surface area contributed by atoms with Crippen LogP contribution in [0.4, 0.5) is 5.69 Å². The molecule has 0 aliphatic carbocycles. The summed E-state index contributed by atoms with van der Waals surface area (Å²) in [5, 5.41) is 14.3. The number of benzene rings is 1. The third-order valence-electron chi connectivity index (χ3n) is 2.24. The first-order valence-electron chi connectivity index (χ1n) is 5.36. The van der Waals surface area contributed by atoms with E-state index >= 15 is 0 Å². The van der Waals surface area contributed by atoms with Crippen LogP contribution in [-0.2, 0) is 9.59 Å². The number of amides is 2. The molecule has 0 aliphatic rings. The Kier molecular flexibility index (Phi) is 5.67. The average Bonchev–Trinajstić information content (AvgIpc) is 2.35. The minimum atomic E-state index is -0.772. The first-order chi connectivity index (χ1) is 8.97. The van der Waals surface area contributed by atoms with Crippen LogP contribution in [0.25, 0.3) is 0 Å². The van der Waals surface area contributed by atoms with Crippen molar-refractivity contribution in [2.45, 2.75) is 13.0 Å². The summed E-state index contributed by atoms with van der Waals surface area (Å²) in [5.74, 6) is -0.641. The van der Waals surface area contributed by atoms with Crippen LogP contribution in [0.1, 0.15) is 12.5 Å². The third-order valence-corrected chi connectivity index (χ3v) is 2.84. The number of thiol groups is 1. The normalized spacial score (nSPS) is 11.3. The number of carbonyl (C=O) groups excluding carboxylic acids is 2. The summed E-state index contributed by atoms with van der Waals surface area (Å²) in [4.78, 5) is 22.9. The van der Waals surface area contributed by atoms with Crippen LogP contribution in [0.5, 0.6) is 0 Å². The van der Waals surface area contributed by atoms with Crippen molar-refractivity contribution in [3.63, 3.8) is 0 Å². The fourth-order valence-electron chi connectivity index (χ4n) is 1.38. The van der Waals surface area contributed by atoms with Crippen molar-refractivity contribution < 1.29 is 9.59 Å². The summed E-state index contributed by atoms with van der Waals surface area (Å²) in [7, 11) is 0. The molecule has 2 amide bonds. The average molecular weight is 298 g/mol. The number of nitriles is 1. The maximum Gasteiger partial charge on any atom is 0.247 e. The van der Waals surface area contributed by atoms with E-state index in [1.54, 1.807) is 6.07 Å². The lowest BCUT2D eigenvalue weighted by atomic mass is 10.2. The Balaban J connectivity index is 2.89. The van der Waals surface area contributed by atoms with Gasteiger partial charge in [-0.05, 0) is 18.2 Å². The molecule has 7 heteroatoms. The second-order valence-corrected chi connectivity index (χ2v) is 4.53. The van der Waals surface area contributed by atoms with Gasteiger partial charge in [-0.2, -0.15) is 17.9 Å². The highest BCUT2D eigenvalue weighted by Gasteiger charge is 2.18. The number of anilines is 1. The summed E-state index contributed by atoms with van der Waals surface area (Å²) >= 11 is 9.81. The van der Waals surface area contributed by atoms with Gasteiger partial charge in [-0.1, -0.05) is 11.6 Å². The maximum atomic E-state index is 11.9. The topological polar surface area (TPSA) is 82.0 Å². The Morgan fingerprint density at radius 2 is 2.21 bits per heavy atom. The van der Waals surface area contributed by atoms with Crippen molar-refractivity contribution in [1.82, 2.24) is 5.32 Å². The van der Waals surface area contributed by atoms with E-state index in [9.17, 15) is 9.59 Å². The van der Waals surface area contributed by atoms with Crippen LogP contribution in [0, 0.1) is 11.3 Å². The molecule has 0 saturated carbocycles. The van der Waals surface area contributed by atoms with E-state index < -0.39 is 11.9 Å². The number of hydrogen-bond donors (Lipinski definition) is 3. The van der Waals surface area contributed by atoms with E-state index in [4.69, 9.17) is 16.9 Å². The lowest BCUT2D eigenvalue weighted by molar-refractivity contribution is -0.124. The molecule has 0 heterocycles. The van der Waals surface area contributed by atoms with E-state index in [1.807, 2.05) is 6.07 Å². The van der Waals surface area contributed by atoms with Crippen molar-refractivity contribution in [3.05, 3.63) is 28.8 Å². The van der Waals surface area contributed by atoms with E-state index in [2.05, 4.69) is 23.3 Å². The standard InChI is InChI=1S/C12H12ClN3O2S/c1-7(17)15-11(6-19)12(18)16-10-4-9(13)3-2-8(10)5-14/h2-4,11,19H,6H2,1H3,(H,15,17)(H,16,18). The smallest absolute Gasteiger partial charge is 0.247 e. The van der Waals surface area contributed by atoms with Gasteiger partial charge in [-0.15, -0.1) is 0 Å². The predicted octanol–water partition coefficient (Wildman–Crippen LogP) is 1.58. The zero-order valence-electron chi connectivity index (χ0n) is 10.1. The van der Waals surface area contributed by atoms with Crippen molar-refractivity contribution in [2.24, 2.45) is 0 Å². The first kappa shape index (κ1) is 15.3. The van der Waals surface area contributed by atoms with Crippen molar-refractivity contribution in [3.8, 4) is 6.07 Å². The molecule has 0 saturated heterocycles. The van der Waals surface area contributed by atoms with Crippen LogP contribution in [0.2, 0.25) is 5.02 Å². The Morgan fingerprint density at radius 3 is 2.74 bits per heavy atom. The number of rotatable bonds is 4.